The SMILES string of the molecule is CC1CNCCC12CSCC(C)(C)C2. The van der Waals surface area contributed by atoms with Gasteiger partial charge >= 0.3 is 0 Å². The first kappa shape index (κ1) is 10.8. The largest absolute Gasteiger partial charge is 0.316 e. The van der Waals surface area contributed by atoms with E-state index in [9.17, 15) is 0 Å². The lowest BCUT2D eigenvalue weighted by molar-refractivity contribution is 0.0840. The highest BCUT2D eigenvalue weighted by atomic mass is 32.2. The standard InChI is InChI=1S/C12H23NS/c1-10-6-13-5-4-12(10)7-11(2,3)8-14-9-12/h10,13H,4-9H2,1-3H3. The summed E-state index contributed by atoms with van der Waals surface area (Å²) in [5.41, 5.74) is 1.21. The molecule has 0 aromatic heterocycles. The Kier molecular flexibility index (Phi) is 2.87. The molecule has 2 heteroatoms. The van der Waals surface area contributed by atoms with E-state index >= 15 is 0 Å². The molecule has 2 saturated heterocycles. The molecular formula is C12H23NS. The Morgan fingerprint density at radius 2 is 2.07 bits per heavy atom. The molecule has 1 nitrogen and oxygen atoms in total. The zero-order valence-corrected chi connectivity index (χ0v) is 10.5. The van der Waals surface area contributed by atoms with Crippen LogP contribution in [0.2, 0.25) is 0 Å². The van der Waals surface area contributed by atoms with E-state index in [2.05, 4.69) is 37.8 Å². The average Bonchev–Trinajstić information content (AvgIpc) is 2.09. The first-order valence-corrected chi connectivity index (χ1v) is 6.98. The predicted molar refractivity (Wildman–Crippen MR) is 64.8 cm³/mol. The van der Waals surface area contributed by atoms with Gasteiger partial charge in [-0.15, -0.1) is 0 Å². The topological polar surface area (TPSA) is 12.0 Å². The van der Waals surface area contributed by atoms with Crippen LogP contribution in [-0.4, -0.2) is 24.6 Å². The Morgan fingerprint density at radius 3 is 2.71 bits per heavy atom. The van der Waals surface area contributed by atoms with Crippen molar-refractivity contribution < 1.29 is 0 Å². The summed E-state index contributed by atoms with van der Waals surface area (Å²) in [4.78, 5) is 0. The number of hydrogen-bond acceptors (Lipinski definition) is 2. The molecule has 0 bridgehead atoms. The van der Waals surface area contributed by atoms with Crippen molar-refractivity contribution in [1.29, 1.82) is 0 Å². The van der Waals surface area contributed by atoms with Crippen molar-refractivity contribution in [3.8, 4) is 0 Å². The molecule has 2 atom stereocenters. The Balaban J connectivity index is 2.13. The van der Waals surface area contributed by atoms with E-state index < -0.39 is 0 Å². The van der Waals surface area contributed by atoms with Gasteiger partial charge in [0, 0.05) is 0 Å². The molecule has 1 spiro atoms. The molecule has 2 rings (SSSR count). The van der Waals surface area contributed by atoms with Gasteiger partial charge in [0.15, 0.2) is 0 Å². The van der Waals surface area contributed by atoms with E-state index in [0.717, 1.165) is 5.92 Å². The van der Waals surface area contributed by atoms with Gasteiger partial charge in [0.25, 0.3) is 0 Å². The third kappa shape index (κ3) is 1.96. The smallest absolute Gasteiger partial charge is 0.000689 e. The fourth-order valence-electron chi connectivity index (χ4n) is 3.18. The van der Waals surface area contributed by atoms with Gasteiger partial charge in [-0.25, -0.2) is 0 Å². The van der Waals surface area contributed by atoms with Gasteiger partial charge in [0.2, 0.25) is 0 Å². The van der Waals surface area contributed by atoms with Crippen molar-refractivity contribution in [2.75, 3.05) is 24.6 Å². The lowest BCUT2D eigenvalue weighted by atomic mass is 9.64. The first-order valence-electron chi connectivity index (χ1n) is 5.83. The number of piperidine rings is 1. The zero-order valence-electron chi connectivity index (χ0n) is 9.73. The molecule has 0 aromatic rings. The fourth-order valence-corrected chi connectivity index (χ4v) is 4.88. The van der Waals surface area contributed by atoms with Crippen molar-refractivity contribution in [2.24, 2.45) is 16.7 Å². The van der Waals surface area contributed by atoms with Crippen LogP contribution in [0.3, 0.4) is 0 Å². The Morgan fingerprint density at radius 1 is 1.29 bits per heavy atom. The molecule has 2 heterocycles. The molecule has 2 aliphatic rings. The summed E-state index contributed by atoms with van der Waals surface area (Å²) in [5, 5.41) is 3.52. The summed E-state index contributed by atoms with van der Waals surface area (Å²) in [6, 6.07) is 0. The monoisotopic (exact) mass is 213 g/mol. The van der Waals surface area contributed by atoms with E-state index in [0.29, 0.717) is 10.8 Å². The summed E-state index contributed by atoms with van der Waals surface area (Å²) < 4.78 is 0. The Bertz CT molecular complexity index is 210. The van der Waals surface area contributed by atoms with Crippen LogP contribution >= 0.6 is 11.8 Å². The van der Waals surface area contributed by atoms with Gasteiger partial charge in [-0.3, -0.25) is 0 Å². The maximum Gasteiger partial charge on any atom is -0.000689 e. The highest BCUT2D eigenvalue weighted by Gasteiger charge is 2.44. The zero-order chi connectivity index (χ0) is 10.2. The average molecular weight is 213 g/mol. The van der Waals surface area contributed by atoms with Gasteiger partial charge in [-0.2, -0.15) is 11.8 Å². The summed E-state index contributed by atoms with van der Waals surface area (Å²) in [7, 11) is 0. The maximum atomic E-state index is 3.52. The molecule has 0 aliphatic carbocycles. The van der Waals surface area contributed by atoms with Crippen molar-refractivity contribution in [1.82, 2.24) is 5.32 Å². The maximum absolute atomic E-state index is 3.52. The van der Waals surface area contributed by atoms with Crippen LogP contribution in [0.1, 0.15) is 33.6 Å². The number of thioether (sulfide) groups is 1. The van der Waals surface area contributed by atoms with E-state index in [1.165, 1.54) is 37.4 Å². The van der Waals surface area contributed by atoms with Crippen LogP contribution in [-0.2, 0) is 0 Å². The molecule has 2 fully saturated rings. The van der Waals surface area contributed by atoms with Crippen molar-refractivity contribution in [2.45, 2.75) is 33.6 Å². The van der Waals surface area contributed by atoms with Gasteiger partial charge in [0.1, 0.15) is 0 Å². The second-order valence-corrected chi connectivity index (χ2v) is 7.04. The third-order valence-corrected chi connectivity index (χ3v) is 5.77. The van der Waals surface area contributed by atoms with E-state index in [1.54, 1.807) is 0 Å². The van der Waals surface area contributed by atoms with Crippen LogP contribution in [0.4, 0.5) is 0 Å². The quantitative estimate of drug-likeness (QED) is 0.664. The van der Waals surface area contributed by atoms with Crippen LogP contribution < -0.4 is 5.32 Å². The van der Waals surface area contributed by atoms with Crippen LogP contribution in [0, 0.1) is 16.7 Å². The fraction of sp³-hybridized carbons (Fsp3) is 1.00. The van der Waals surface area contributed by atoms with Crippen LogP contribution in [0.25, 0.3) is 0 Å². The molecule has 2 aliphatic heterocycles. The van der Waals surface area contributed by atoms with Crippen LogP contribution in [0.15, 0.2) is 0 Å². The lowest BCUT2D eigenvalue weighted by Gasteiger charge is -2.50. The molecule has 14 heavy (non-hydrogen) atoms. The molecule has 2 unspecified atom stereocenters. The Labute approximate surface area is 92.4 Å². The molecular weight excluding hydrogens is 190 g/mol. The number of nitrogens with one attached hydrogen (secondary N) is 1. The second-order valence-electron chi connectivity index (χ2n) is 6.05. The third-order valence-electron chi connectivity index (χ3n) is 4.01. The molecule has 0 saturated carbocycles. The van der Waals surface area contributed by atoms with E-state index in [-0.39, 0.29) is 0 Å². The molecule has 0 amide bonds. The first-order chi connectivity index (χ1) is 6.54. The Hall–Kier alpha value is 0.310. The summed E-state index contributed by atoms with van der Waals surface area (Å²) >= 11 is 2.18. The van der Waals surface area contributed by atoms with E-state index in [4.69, 9.17) is 0 Å². The summed E-state index contributed by atoms with van der Waals surface area (Å²) in [6.45, 7) is 9.79. The minimum atomic E-state index is 0.564. The minimum Gasteiger partial charge on any atom is -0.316 e. The molecule has 0 aromatic carbocycles. The van der Waals surface area contributed by atoms with Crippen molar-refractivity contribution in [3.63, 3.8) is 0 Å². The second kappa shape index (κ2) is 3.71. The van der Waals surface area contributed by atoms with Gasteiger partial charge in [-0.05, 0) is 54.2 Å². The molecule has 1 N–H and O–H groups in total. The minimum absolute atomic E-state index is 0.564. The highest BCUT2D eigenvalue weighted by molar-refractivity contribution is 7.99. The summed E-state index contributed by atoms with van der Waals surface area (Å²) in [5.74, 6) is 3.62. The normalized spacial score (nSPS) is 42.6. The van der Waals surface area contributed by atoms with Gasteiger partial charge in [-0.1, -0.05) is 20.8 Å². The van der Waals surface area contributed by atoms with Crippen molar-refractivity contribution >= 4 is 11.8 Å². The lowest BCUT2D eigenvalue weighted by Crippen LogP contribution is -2.49. The highest BCUT2D eigenvalue weighted by Crippen LogP contribution is 2.50. The van der Waals surface area contributed by atoms with Crippen LogP contribution in [0.5, 0.6) is 0 Å². The van der Waals surface area contributed by atoms with Gasteiger partial charge < -0.3 is 5.32 Å². The number of hydrogen-bond donors (Lipinski definition) is 1. The van der Waals surface area contributed by atoms with E-state index in [1.807, 2.05) is 0 Å². The summed E-state index contributed by atoms with van der Waals surface area (Å²) in [6.07, 6.45) is 2.83. The molecule has 0 radical (unpaired) electrons. The molecule has 82 valence electrons. The number of rotatable bonds is 0. The van der Waals surface area contributed by atoms with Crippen molar-refractivity contribution in [3.05, 3.63) is 0 Å². The predicted octanol–water partition coefficient (Wildman–Crippen LogP) is 2.77. The van der Waals surface area contributed by atoms with Gasteiger partial charge in [0.05, 0.1) is 0 Å².